The number of amides is 3. The number of ether oxygens (including phenoxy) is 3. The van der Waals surface area contributed by atoms with E-state index < -0.39 is 24.2 Å². The highest BCUT2D eigenvalue weighted by atomic mass is 16.5. The van der Waals surface area contributed by atoms with E-state index in [2.05, 4.69) is 10.6 Å². The van der Waals surface area contributed by atoms with Gasteiger partial charge in [-0.2, -0.15) is 0 Å². The second-order valence-electron chi connectivity index (χ2n) is 8.29. The predicted molar refractivity (Wildman–Crippen MR) is 124 cm³/mol. The summed E-state index contributed by atoms with van der Waals surface area (Å²) in [6.45, 7) is 0.189. The minimum Gasteiger partial charge on any atom is -0.497 e. The number of carbonyl (C=O) groups excluding carboxylic acids is 2. The number of carboxylic acid groups (broad SMARTS) is 1. The summed E-state index contributed by atoms with van der Waals surface area (Å²) in [5.74, 6) is -0.190. The number of hydrogen-bond acceptors (Lipinski definition) is 6. The van der Waals surface area contributed by atoms with Gasteiger partial charge in [-0.05, 0) is 43.2 Å². The lowest BCUT2D eigenvalue weighted by molar-refractivity contribution is -0.148. The number of carboxylic acids is 1. The highest BCUT2D eigenvalue weighted by Gasteiger charge is 2.39. The molecule has 0 aliphatic carbocycles. The molecule has 0 spiro atoms. The van der Waals surface area contributed by atoms with Crippen LogP contribution in [-0.4, -0.2) is 66.9 Å². The second kappa shape index (κ2) is 10.0. The van der Waals surface area contributed by atoms with Crippen molar-refractivity contribution in [3.05, 3.63) is 48.0 Å². The molecule has 1 fully saturated rings. The summed E-state index contributed by atoms with van der Waals surface area (Å²) >= 11 is 0. The van der Waals surface area contributed by atoms with E-state index in [1.165, 1.54) is 0 Å². The number of hydrogen-bond donors (Lipinski definition) is 3. The van der Waals surface area contributed by atoms with Crippen LogP contribution in [0, 0.1) is 0 Å². The number of likely N-dealkylation sites (N-methyl/N-ethyl adjacent to an activating group) is 1. The highest BCUT2D eigenvalue weighted by Crippen LogP contribution is 2.32. The topological polar surface area (TPSA) is 126 Å². The minimum absolute atomic E-state index is 0.0790. The van der Waals surface area contributed by atoms with E-state index in [1.54, 1.807) is 61.5 Å². The summed E-state index contributed by atoms with van der Waals surface area (Å²) in [5.41, 5.74) is 1.32. The number of carbonyl (C=O) groups is 3. The van der Waals surface area contributed by atoms with Crippen LogP contribution in [0.2, 0.25) is 0 Å². The second-order valence-corrected chi connectivity index (χ2v) is 8.29. The van der Waals surface area contributed by atoms with E-state index in [0.29, 0.717) is 41.3 Å². The largest absolute Gasteiger partial charge is 0.497 e. The fourth-order valence-electron chi connectivity index (χ4n) is 4.29. The zero-order valence-corrected chi connectivity index (χ0v) is 18.9. The molecular formula is C24H27N3O7. The van der Waals surface area contributed by atoms with Crippen LogP contribution in [0.4, 0.5) is 16.2 Å². The van der Waals surface area contributed by atoms with Crippen LogP contribution < -0.4 is 20.1 Å². The molecule has 10 nitrogen and oxygen atoms in total. The number of benzene rings is 2. The summed E-state index contributed by atoms with van der Waals surface area (Å²) in [7, 11) is 3.24. The molecule has 4 rings (SSSR count). The molecule has 0 aromatic heterocycles. The Hall–Kier alpha value is -3.79. The van der Waals surface area contributed by atoms with Gasteiger partial charge in [0.25, 0.3) is 5.91 Å². The zero-order valence-electron chi connectivity index (χ0n) is 18.9. The van der Waals surface area contributed by atoms with Gasteiger partial charge in [0.15, 0.2) is 0 Å². The normalized spacial score (nSPS) is 21.8. The average Bonchev–Trinajstić information content (AvgIpc) is 2.81. The minimum atomic E-state index is -0.916. The highest BCUT2D eigenvalue weighted by molar-refractivity contribution is 6.02. The molecule has 0 unspecified atom stereocenters. The van der Waals surface area contributed by atoms with Gasteiger partial charge in [0.05, 0.1) is 31.2 Å². The molecule has 0 radical (unpaired) electrons. The first-order chi connectivity index (χ1) is 16.3. The van der Waals surface area contributed by atoms with Crippen molar-refractivity contribution in [3.8, 4) is 11.5 Å². The van der Waals surface area contributed by atoms with Gasteiger partial charge >= 0.3 is 12.0 Å². The smallest absolute Gasteiger partial charge is 0.323 e. The quantitative estimate of drug-likeness (QED) is 0.614. The van der Waals surface area contributed by atoms with E-state index >= 15 is 0 Å². The number of nitrogens with one attached hydrogen (secondary N) is 2. The molecule has 10 heteroatoms. The molecule has 2 aliphatic heterocycles. The number of anilines is 2. The number of fused-ring (bicyclic) bond motifs is 2. The Balaban J connectivity index is 1.47. The fourth-order valence-corrected chi connectivity index (χ4v) is 4.29. The summed E-state index contributed by atoms with van der Waals surface area (Å²) in [6, 6.07) is 11.1. The lowest BCUT2D eigenvalue weighted by Gasteiger charge is -2.42. The van der Waals surface area contributed by atoms with E-state index in [-0.39, 0.29) is 25.0 Å². The third-order valence-electron chi connectivity index (χ3n) is 6.00. The lowest BCUT2D eigenvalue weighted by atomic mass is 9.94. The average molecular weight is 469 g/mol. The Bertz CT molecular complexity index is 1090. The first-order valence-corrected chi connectivity index (χ1v) is 11.0. The van der Waals surface area contributed by atoms with Gasteiger partial charge in [-0.25, -0.2) is 4.79 Å². The molecule has 3 N–H and O–H groups in total. The number of nitrogens with zero attached hydrogens (tertiary/aromatic N) is 1. The van der Waals surface area contributed by atoms with Crippen LogP contribution in [0.1, 0.15) is 29.6 Å². The third kappa shape index (κ3) is 5.23. The van der Waals surface area contributed by atoms with Crippen LogP contribution in [-0.2, 0) is 9.53 Å². The first-order valence-electron chi connectivity index (χ1n) is 11.0. The Morgan fingerprint density at radius 2 is 1.91 bits per heavy atom. The maximum absolute atomic E-state index is 13.3. The Kier molecular flexibility index (Phi) is 6.87. The van der Waals surface area contributed by atoms with Crippen molar-refractivity contribution < 1.29 is 33.7 Å². The summed E-state index contributed by atoms with van der Waals surface area (Å²) in [5, 5.41) is 14.5. The van der Waals surface area contributed by atoms with Crippen molar-refractivity contribution in [2.45, 2.75) is 37.5 Å². The zero-order chi connectivity index (χ0) is 24.2. The molecule has 3 atom stereocenters. The van der Waals surface area contributed by atoms with Crippen LogP contribution in [0.15, 0.2) is 42.5 Å². The molecule has 180 valence electrons. The van der Waals surface area contributed by atoms with Gasteiger partial charge in [0, 0.05) is 24.5 Å². The molecule has 2 aromatic carbocycles. The molecule has 0 saturated carbocycles. The molecular weight excluding hydrogens is 442 g/mol. The number of rotatable bonds is 5. The van der Waals surface area contributed by atoms with Crippen molar-refractivity contribution >= 4 is 29.3 Å². The van der Waals surface area contributed by atoms with Crippen LogP contribution in [0.25, 0.3) is 0 Å². The van der Waals surface area contributed by atoms with Gasteiger partial charge in [-0.3, -0.25) is 9.59 Å². The van der Waals surface area contributed by atoms with Crippen LogP contribution in [0.3, 0.4) is 0 Å². The maximum Gasteiger partial charge on any atom is 0.323 e. The third-order valence-corrected chi connectivity index (χ3v) is 6.00. The van der Waals surface area contributed by atoms with E-state index in [1.807, 2.05) is 0 Å². The number of urea groups is 1. The van der Waals surface area contributed by atoms with Gasteiger partial charge in [-0.15, -0.1) is 0 Å². The molecule has 2 aliphatic rings. The van der Waals surface area contributed by atoms with E-state index in [0.717, 1.165) is 0 Å². The summed E-state index contributed by atoms with van der Waals surface area (Å²) < 4.78 is 17.0. The Labute approximate surface area is 196 Å². The SMILES string of the molecule is COc1cccc(NC(=O)Nc2ccc3c(c2)C(=O)N(C)[C@H]2CC[C@H](CC(=O)O)O[C@H]2CO3)c1. The van der Waals surface area contributed by atoms with Gasteiger partial charge in [-0.1, -0.05) is 6.07 Å². The van der Waals surface area contributed by atoms with Crippen molar-refractivity contribution in [2.24, 2.45) is 0 Å². The predicted octanol–water partition coefficient (Wildman–Crippen LogP) is 3.19. The van der Waals surface area contributed by atoms with Crippen molar-refractivity contribution in [3.63, 3.8) is 0 Å². The summed E-state index contributed by atoms with van der Waals surface area (Å²) in [6.07, 6.45) is 0.254. The Morgan fingerprint density at radius 1 is 1.15 bits per heavy atom. The maximum atomic E-state index is 13.3. The summed E-state index contributed by atoms with van der Waals surface area (Å²) in [4.78, 5) is 38.4. The number of methoxy groups -OCH3 is 1. The van der Waals surface area contributed by atoms with Gasteiger partial charge in [0.2, 0.25) is 0 Å². The molecule has 34 heavy (non-hydrogen) atoms. The molecule has 1 saturated heterocycles. The van der Waals surface area contributed by atoms with E-state index in [4.69, 9.17) is 19.3 Å². The van der Waals surface area contributed by atoms with Crippen LogP contribution >= 0.6 is 0 Å². The van der Waals surface area contributed by atoms with E-state index in [9.17, 15) is 14.4 Å². The van der Waals surface area contributed by atoms with Crippen molar-refractivity contribution in [2.75, 3.05) is 31.4 Å². The Morgan fingerprint density at radius 3 is 2.65 bits per heavy atom. The number of aliphatic carboxylic acids is 1. The van der Waals surface area contributed by atoms with Crippen LogP contribution in [0.5, 0.6) is 11.5 Å². The standard InChI is InChI=1S/C24H27N3O7/c1-27-19-8-7-17(12-22(28)29)34-21(19)13-33-20-9-6-15(11-18(20)23(27)30)26-24(31)25-14-4-3-5-16(10-14)32-2/h3-6,9-11,17,19,21H,7-8,12-13H2,1-2H3,(H,28,29)(H2,25,26,31)/t17-,19+,21+/m1/s1. The van der Waals surface area contributed by atoms with Crippen molar-refractivity contribution in [1.82, 2.24) is 4.90 Å². The molecule has 2 aromatic rings. The lowest BCUT2D eigenvalue weighted by Crippen LogP contribution is -2.53. The van der Waals surface area contributed by atoms with Crippen molar-refractivity contribution in [1.29, 1.82) is 0 Å². The van der Waals surface area contributed by atoms with Gasteiger partial charge < -0.3 is 34.9 Å². The molecule has 2 heterocycles. The molecule has 3 amide bonds. The fraction of sp³-hybridized carbons (Fsp3) is 0.375. The van der Waals surface area contributed by atoms with Gasteiger partial charge in [0.1, 0.15) is 24.2 Å². The monoisotopic (exact) mass is 469 g/mol. The molecule has 0 bridgehead atoms. The first kappa shape index (κ1) is 23.4.